The number of benzene rings is 2. The molecule has 0 aliphatic heterocycles. The van der Waals surface area contributed by atoms with E-state index in [0.717, 1.165) is 21.3 Å². The third kappa shape index (κ3) is 5.81. The van der Waals surface area contributed by atoms with Crippen molar-refractivity contribution in [1.29, 1.82) is 0 Å². The minimum absolute atomic E-state index is 0.0472. The van der Waals surface area contributed by atoms with Gasteiger partial charge in [0.05, 0.1) is 6.54 Å². The van der Waals surface area contributed by atoms with E-state index in [2.05, 4.69) is 26.6 Å². The van der Waals surface area contributed by atoms with Gasteiger partial charge in [-0.15, -0.1) is 0 Å². The zero-order chi connectivity index (χ0) is 19.1. The first-order chi connectivity index (χ1) is 12.4. The van der Waals surface area contributed by atoms with Gasteiger partial charge in [-0.3, -0.25) is 14.4 Å². The zero-order valence-electron chi connectivity index (χ0n) is 14.8. The van der Waals surface area contributed by atoms with Crippen molar-refractivity contribution in [2.24, 2.45) is 0 Å². The van der Waals surface area contributed by atoms with Gasteiger partial charge in [0.25, 0.3) is 0 Å². The van der Waals surface area contributed by atoms with Crippen LogP contribution in [0, 0.1) is 13.8 Å². The molecule has 2 amide bonds. The lowest BCUT2D eigenvalue weighted by Crippen LogP contribution is -2.33. The number of amides is 2. The first-order valence-electron chi connectivity index (χ1n) is 8.28. The number of hydrogen-bond acceptors (Lipinski definition) is 3. The highest BCUT2D eigenvalue weighted by Gasteiger charge is 2.11. The SMILES string of the molecule is Cc1cccc(C)c1NC(=O)CNC(=O)CCC(=O)c1ccc(Br)cc1. The molecule has 6 heteroatoms. The maximum Gasteiger partial charge on any atom is 0.243 e. The summed E-state index contributed by atoms with van der Waals surface area (Å²) in [5.41, 5.74) is 3.25. The highest BCUT2D eigenvalue weighted by Crippen LogP contribution is 2.19. The Labute approximate surface area is 161 Å². The molecule has 0 bridgehead atoms. The van der Waals surface area contributed by atoms with Crippen molar-refractivity contribution in [1.82, 2.24) is 5.32 Å². The van der Waals surface area contributed by atoms with Gasteiger partial charge in [0.15, 0.2) is 5.78 Å². The largest absolute Gasteiger partial charge is 0.347 e. The van der Waals surface area contributed by atoms with E-state index in [4.69, 9.17) is 0 Å². The maximum absolute atomic E-state index is 12.0. The van der Waals surface area contributed by atoms with Gasteiger partial charge < -0.3 is 10.6 Å². The molecule has 0 aliphatic carbocycles. The molecule has 2 rings (SSSR count). The standard InChI is InChI=1S/C20H21BrN2O3/c1-13-4-3-5-14(2)20(13)23-19(26)12-22-18(25)11-10-17(24)15-6-8-16(21)9-7-15/h3-9H,10-12H2,1-2H3,(H,22,25)(H,23,26). The van der Waals surface area contributed by atoms with E-state index in [9.17, 15) is 14.4 Å². The van der Waals surface area contributed by atoms with Crippen LogP contribution in [0.25, 0.3) is 0 Å². The van der Waals surface area contributed by atoms with E-state index >= 15 is 0 Å². The Kier molecular flexibility index (Phi) is 7.09. The van der Waals surface area contributed by atoms with Gasteiger partial charge in [0.1, 0.15) is 0 Å². The van der Waals surface area contributed by atoms with Crippen molar-refractivity contribution in [2.45, 2.75) is 26.7 Å². The predicted molar refractivity (Wildman–Crippen MR) is 105 cm³/mol. The van der Waals surface area contributed by atoms with Crippen molar-refractivity contribution < 1.29 is 14.4 Å². The molecule has 0 fully saturated rings. The molecular weight excluding hydrogens is 396 g/mol. The van der Waals surface area contributed by atoms with Gasteiger partial charge in [0.2, 0.25) is 11.8 Å². The molecule has 0 unspecified atom stereocenters. The van der Waals surface area contributed by atoms with Gasteiger partial charge in [-0.2, -0.15) is 0 Å². The highest BCUT2D eigenvalue weighted by atomic mass is 79.9. The van der Waals surface area contributed by atoms with E-state index in [1.807, 2.05) is 32.0 Å². The summed E-state index contributed by atoms with van der Waals surface area (Å²) in [5, 5.41) is 5.35. The van der Waals surface area contributed by atoms with Gasteiger partial charge in [-0.25, -0.2) is 0 Å². The Bertz CT molecular complexity index is 796. The number of carbonyl (C=O) groups is 3. The number of halogens is 1. The van der Waals surface area contributed by atoms with Crippen LogP contribution in [0.2, 0.25) is 0 Å². The van der Waals surface area contributed by atoms with E-state index in [0.29, 0.717) is 5.56 Å². The number of nitrogens with one attached hydrogen (secondary N) is 2. The highest BCUT2D eigenvalue weighted by molar-refractivity contribution is 9.10. The number of hydrogen-bond donors (Lipinski definition) is 2. The monoisotopic (exact) mass is 416 g/mol. The van der Waals surface area contributed by atoms with Crippen molar-refractivity contribution in [3.05, 3.63) is 63.6 Å². The lowest BCUT2D eigenvalue weighted by molar-refractivity contribution is -0.124. The fourth-order valence-corrected chi connectivity index (χ4v) is 2.73. The van der Waals surface area contributed by atoms with Crippen molar-refractivity contribution in [2.75, 3.05) is 11.9 Å². The summed E-state index contributed by atoms with van der Waals surface area (Å²) in [7, 11) is 0. The smallest absolute Gasteiger partial charge is 0.243 e. The second-order valence-electron chi connectivity index (χ2n) is 6.02. The summed E-state index contributed by atoms with van der Waals surface area (Å²) in [6.07, 6.45) is 0.150. The summed E-state index contributed by atoms with van der Waals surface area (Å²) in [6, 6.07) is 12.7. The molecule has 0 aliphatic rings. The fourth-order valence-electron chi connectivity index (χ4n) is 2.47. The van der Waals surface area contributed by atoms with Gasteiger partial charge in [-0.05, 0) is 37.1 Å². The number of rotatable bonds is 7. The van der Waals surface area contributed by atoms with E-state index in [-0.39, 0.29) is 37.0 Å². The van der Waals surface area contributed by atoms with E-state index < -0.39 is 0 Å². The average molecular weight is 417 g/mol. The minimum atomic E-state index is -0.327. The zero-order valence-corrected chi connectivity index (χ0v) is 16.4. The molecule has 26 heavy (non-hydrogen) atoms. The Morgan fingerprint density at radius 1 is 0.885 bits per heavy atom. The Morgan fingerprint density at radius 2 is 1.50 bits per heavy atom. The van der Waals surface area contributed by atoms with Crippen LogP contribution in [-0.2, 0) is 9.59 Å². The van der Waals surface area contributed by atoms with Crippen LogP contribution in [0.1, 0.15) is 34.3 Å². The molecule has 0 heterocycles. The lowest BCUT2D eigenvalue weighted by atomic mass is 10.1. The third-order valence-corrected chi connectivity index (χ3v) is 4.47. The summed E-state index contributed by atoms with van der Waals surface area (Å²) < 4.78 is 0.890. The number of ketones is 1. The maximum atomic E-state index is 12.0. The normalized spacial score (nSPS) is 10.3. The summed E-state index contributed by atoms with van der Waals surface area (Å²) >= 11 is 3.31. The quantitative estimate of drug-likeness (QED) is 0.674. The van der Waals surface area contributed by atoms with Crippen LogP contribution >= 0.6 is 15.9 Å². The first-order valence-corrected chi connectivity index (χ1v) is 9.07. The summed E-state index contributed by atoms with van der Waals surface area (Å²) in [4.78, 5) is 35.9. The van der Waals surface area contributed by atoms with Crippen LogP contribution in [0.4, 0.5) is 5.69 Å². The second kappa shape index (κ2) is 9.29. The molecular formula is C20H21BrN2O3. The first kappa shape index (κ1) is 19.8. The average Bonchev–Trinajstić information content (AvgIpc) is 2.61. The van der Waals surface area contributed by atoms with Crippen molar-refractivity contribution in [3.8, 4) is 0 Å². The number of carbonyl (C=O) groups excluding carboxylic acids is 3. The van der Waals surface area contributed by atoms with Crippen LogP contribution in [0.3, 0.4) is 0 Å². The molecule has 0 saturated heterocycles. The molecule has 0 atom stereocenters. The Hall–Kier alpha value is -2.47. The van der Waals surface area contributed by atoms with E-state index in [1.54, 1.807) is 24.3 Å². The van der Waals surface area contributed by atoms with Crippen LogP contribution < -0.4 is 10.6 Å². The molecule has 2 aromatic rings. The summed E-state index contributed by atoms with van der Waals surface area (Å²) in [5.74, 6) is -0.727. The fraction of sp³-hybridized carbons (Fsp3) is 0.250. The topological polar surface area (TPSA) is 75.3 Å². The summed E-state index contributed by atoms with van der Waals surface area (Å²) in [6.45, 7) is 3.70. The van der Waals surface area contributed by atoms with Gasteiger partial charge >= 0.3 is 0 Å². The van der Waals surface area contributed by atoms with Gasteiger partial charge in [0, 0.05) is 28.6 Å². The molecule has 2 N–H and O–H groups in total. The molecule has 0 radical (unpaired) electrons. The van der Waals surface area contributed by atoms with Gasteiger partial charge in [-0.1, -0.05) is 46.3 Å². The molecule has 0 spiro atoms. The van der Waals surface area contributed by atoms with Crippen LogP contribution in [0.15, 0.2) is 46.9 Å². The third-order valence-electron chi connectivity index (χ3n) is 3.94. The van der Waals surface area contributed by atoms with Crippen molar-refractivity contribution >= 4 is 39.2 Å². The molecule has 136 valence electrons. The van der Waals surface area contributed by atoms with Crippen LogP contribution in [-0.4, -0.2) is 24.1 Å². The molecule has 5 nitrogen and oxygen atoms in total. The number of para-hydroxylation sites is 1. The van der Waals surface area contributed by atoms with Crippen LogP contribution in [0.5, 0.6) is 0 Å². The van der Waals surface area contributed by atoms with Crippen molar-refractivity contribution in [3.63, 3.8) is 0 Å². The lowest BCUT2D eigenvalue weighted by Gasteiger charge is -2.12. The molecule has 2 aromatic carbocycles. The Balaban J connectivity index is 1.77. The number of anilines is 1. The van der Waals surface area contributed by atoms with E-state index in [1.165, 1.54) is 0 Å². The minimum Gasteiger partial charge on any atom is -0.347 e. The molecule has 0 aromatic heterocycles. The predicted octanol–water partition coefficient (Wildman–Crippen LogP) is 3.78. The Morgan fingerprint density at radius 3 is 2.12 bits per heavy atom. The molecule has 0 saturated carbocycles. The second-order valence-corrected chi connectivity index (χ2v) is 6.94. The number of Topliss-reactive ketones (excluding diaryl/α,β-unsaturated/α-hetero) is 1. The number of aryl methyl sites for hydroxylation is 2.